The molecule has 0 spiro atoms. The van der Waals surface area contributed by atoms with Crippen LogP contribution in [0.3, 0.4) is 0 Å². The molecule has 0 heterocycles. The highest BCUT2D eigenvalue weighted by atomic mass is 16.3. The summed E-state index contributed by atoms with van der Waals surface area (Å²) in [6.07, 6.45) is 10.3. The molecular weight excluding hydrogens is 200 g/mol. The number of nitrogens with one attached hydrogen (secondary N) is 1. The third kappa shape index (κ3) is 3.44. The first-order valence-corrected chi connectivity index (χ1v) is 6.89. The third-order valence-electron chi connectivity index (χ3n) is 4.22. The highest BCUT2D eigenvalue weighted by molar-refractivity contribution is 4.87. The van der Waals surface area contributed by atoms with Crippen LogP contribution >= 0.6 is 0 Å². The zero-order chi connectivity index (χ0) is 11.4. The quantitative estimate of drug-likeness (QED) is 0.684. The molecule has 94 valence electrons. The van der Waals surface area contributed by atoms with Crippen molar-refractivity contribution in [3.63, 3.8) is 0 Å². The maximum Gasteiger partial charge on any atom is 0.0771 e. The largest absolute Gasteiger partial charge is 0.389 e. The van der Waals surface area contributed by atoms with Gasteiger partial charge in [0.25, 0.3) is 0 Å². The summed E-state index contributed by atoms with van der Waals surface area (Å²) in [4.78, 5) is 0. The van der Waals surface area contributed by atoms with Crippen LogP contribution in [0.4, 0.5) is 0 Å². The number of hydrogen-bond donors (Lipinski definition) is 3. The first-order valence-electron chi connectivity index (χ1n) is 6.89. The Morgan fingerprint density at radius 3 is 2.56 bits per heavy atom. The van der Waals surface area contributed by atoms with Crippen molar-refractivity contribution < 1.29 is 5.11 Å². The summed E-state index contributed by atoms with van der Waals surface area (Å²) in [7, 11) is 0. The molecule has 2 atom stereocenters. The van der Waals surface area contributed by atoms with Crippen LogP contribution in [-0.2, 0) is 0 Å². The molecule has 4 N–H and O–H groups in total. The van der Waals surface area contributed by atoms with E-state index in [2.05, 4.69) is 5.32 Å². The topological polar surface area (TPSA) is 58.3 Å². The Balaban J connectivity index is 1.73. The Labute approximate surface area is 98.8 Å². The Kier molecular flexibility index (Phi) is 4.22. The van der Waals surface area contributed by atoms with E-state index in [1.807, 2.05) is 0 Å². The molecule has 2 rings (SSSR count). The monoisotopic (exact) mass is 226 g/mol. The van der Waals surface area contributed by atoms with Crippen molar-refractivity contribution in [3.05, 3.63) is 0 Å². The fourth-order valence-electron chi connectivity index (χ4n) is 3.13. The molecule has 0 aliphatic heterocycles. The molecule has 0 aromatic carbocycles. The fourth-order valence-corrected chi connectivity index (χ4v) is 3.13. The van der Waals surface area contributed by atoms with Crippen molar-refractivity contribution in [2.24, 2.45) is 5.73 Å². The Morgan fingerprint density at radius 1 is 1.12 bits per heavy atom. The van der Waals surface area contributed by atoms with E-state index in [9.17, 15) is 5.11 Å². The second kappa shape index (κ2) is 5.48. The zero-order valence-electron chi connectivity index (χ0n) is 10.3. The summed E-state index contributed by atoms with van der Waals surface area (Å²) in [5.74, 6) is 0. The van der Waals surface area contributed by atoms with Gasteiger partial charge in [-0.15, -0.1) is 0 Å². The lowest BCUT2D eigenvalue weighted by molar-refractivity contribution is 0.00148. The Bertz CT molecular complexity index is 214. The Hall–Kier alpha value is -0.120. The van der Waals surface area contributed by atoms with Crippen LogP contribution in [0.15, 0.2) is 0 Å². The molecule has 0 aromatic heterocycles. The van der Waals surface area contributed by atoms with Crippen molar-refractivity contribution in [1.82, 2.24) is 5.32 Å². The van der Waals surface area contributed by atoms with E-state index >= 15 is 0 Å². The van der Waals surface area contributed by atoms with Gasteiger partial charge >= 0.3 is 0 Å². The van der Waals surface area contributed by atoms with Crippen molar-refractivity contribution in [2.45, 2.75) is 75.5 Å². The first kappa shape index (κ1) is 12.3. The summed E-state index contributed by atoms with van der Waals surface area (Å²) in [5.41, 5.74) is 5.53. The van der Waals surface area contributed by atoms with Gasteiger partial charge in [0.05, 0.1) is 5.60 Å². The van der Waals surface area contributed by atoms with Crippen LogP contribution in [0.2, 0.25) is 0 Å². The average Bonchev–Trinajstić information content (AvgIpc) is 2.28. The van der Waals surface area contributed by atoms with Crippen molar-refractivity contribution >= 4 is 0 Å². The Morgan fingerprint density at radius 2 is 1.88 bits per heavy atom. The van der Waals surface area contributed by atoms with Gasteiger partial charge in [-0.05, 0) is 32.1 Å². The predicted octanol–water partition coefficient (Wildman–Crippen LogP) is 1.54. The van der Waals surface area contributed by atoms with Crippen molar-refractivity contribution in [1.29, 1.82) is 0 Å². The molecule has 0 saturated heterocycles. The summed E-state index contributed by atoms with van der Waals surface area (Å²) in [5, 5.41) is 13.9. The van der Waals surface area contributed by atoms with Crippen molar-refractivity contribution in [3.8, 4) is 0 Å². The van der Waals surface area contributed by atoms with Crippen molar-refractivity contribution in [2.75, 3.05) is 6.54 Å². The lowest BCUT2D eigenvalue weighted by Crippen LogP contribution is -2.48. The van der Waals surface area contributed by atoms with Gasteiger partial charge in [0, 0.05) is 18.6 Å². The summed E-state index contributed by atoms with van der Waals surface area (Å²) >= 11 is 0. The second-order valence-electron chi connectivity index (χ2n) is 5.79. The second-order valence-corrected chi connectivity index (χ2v) is 5.79. The van der Waals surface area contributed by atoms with Crippen LogP contribution in [0.5, 0.6) is 0 Å². The van der Waals surface area contributed by atoms with Gasteiger partial charge in [-0.1, -0.05) is 25.7 Å². The SMILES string of the molecule is NC1CCCC(NCC2(O)CCCCC2)C1. The first-order chi connectivity index (χ1) is 7.68. The minimum Gasteiger partial charge on any atom is -0.389 e. The molecule has 0 amide bonds. The average molecular weight is 226 g/mol. The molecule has 0 aromatic rings. The molecular formula is C13H26N2O. The summed E-state index contributed by atoms with van der Waals surface area (Å²) < 4.78 is 0. The van der Waals surface area contributed by atoms with Gasteiger partial charge in [0.15, 0.2) is 0 Å². The maximum absolute atomic E-state index is 10.4. The third-order valence-corrected chi connectivity index (χ3v) is 4.22. The predicted molar refractivity (Wildman–Crippen MR) is 66.3 cm³/mol. The normalized spacial score (nSPS) is 34.9. The van der Waals surface area contributed by atoms with Gasteiger partial charge < -0.3 is 16.2 Å². The zero-order valence-corrected chi connectivity index (χ0v) is 10.3. The highest BCUT2D eigenvalue weighted by Crippen LogP contribution is 2.28. The van der Waals surface area contributed by atoms with Crippen LogP contribution in [-0.4, -0.2) is 29.3 Å². The molecule has 2 fully saturated rings. The number of hydrogen-bond acceptors (Lipinski definition) is 3. The number of nitrogens with two attached hydrogens (primary N) is 1. The molecule has 2 unspecified atom stereocenters. The molecule has 0 radical (unpaired) electrons. The standard InChI is InChI=1S/C13H26N2O/c14-11-5-4-6-12(9-11)15-10-13(16)7-2-1-3-8-13/h11-12,15-16H,1-10,14H2. The fraction of sp³-hybridized carbons (Fsp3) is 1.00. The van der Waals surface area contributed by atoms with E-state index in [-0.39, 0.29) is 0 Å². The lowest BCUT2D eigenvalue weighted by Gasteiger charge is -2.35. The van der Waals surface area contributed by atoms with Gasteiger partial charge in [0.1, 0.15) is 0 Å². The van der Waals surface area contributed by atoms with Gasteiger partial charge in [0.2, 0.25) is 0 Å². The molecule has 2 aliphatic carbocycles. The highest BCUT2D eigenvalue weighted by Gasteiger charge is 2.30. The smallest absolute Gasteiger partial charge is 0.0771 e. The summed E-state index contributed by atoms with van der Waals surface area (Å²) in [6, 6.07) is 0.905. The molecule has 2 aliphatic rings. The van der Waals surface area contributed by atoms with Crippen LogP contribution in [0.1, 0.15) is 57.8 Å². The number of aliphatic hydroxyl groups is 1. The van der Waals surface area contributed by atoms with E-state index in [4.69, 9.17) is 5.73 Å². The molecule has 3 heteroatoms. The molecule has 3 nitrogen and oxygen atoms in total. The van der Waals surface area contributed by atoms with Crippen LogP contribution in [0.25, 0.3) is 0 Å². The van der Waals surface area contributed by atoms with Gasteiger partial charge in [-0.3, -0.25) is 0 Å². The van der Waals surface area contributed by atoms with E-state index in [1.54, 1.807) is 0 Å². The van der Waals surface area contributed by atoms with E-state index in [0.29, 0.717) is 12.1 Å². The number of rotatable bonds is 3. The van der Waals surface area contributed by atoms with E-state index < -0.39 is 5.60 Å². The van der Waals surface area contributed by atoms with E-state index in [1.165, 1.54) is 38.5 Å². The van der Waals surface area contributed by atoms with E-state index in [0.717, 1.165) is 25.8 Å². The minimum atomic E-state index is -0.431. The summed E-state index contributed by atoms with van der Waals surface area (Å²) in [6.45, 7) is 0.768. The van der Waals surface area contributed by atoms with Crippen LogP contribution < -0.4 is 11.1 Å². The minimum absolute atomic E-state index is 0.368. The molecule has 2 saturated carbocycles. The lowest BCUT2D eigenvalue weighted by atomic mass is 9.84. The van der Waals surface area contributed by atoms with Gasteiger partial charge in [-0.2, -0.15) is 0 Å². The molecule has 0 bridgehead atoms. The maximum atomic E-state index is 10.4. The molecule has 16 heavy (non-hydrogen) atoms. The van der Waals surface area contributed by atoms with Crippen LogP contribution in [0, 0.1) is 0 Å². The van der Waals surface area contributed by atoms with Gasteiger partial charge in [-0.25, -0.2) is 0 Å².